The molecule has 0 aliphatic heterocycles. The van der Waals surface area contributed by atoms with Crippen LogP contribution in [0.5, 0.6) is 0 Å². The first kappa shape index (κ1) is 12.5. The predicted molar refractivity (Wildman–Crippen MR) is 60.5 cm³/mol. The van der Waals surface area contributed by atoms with Crippen molar-refractivity contribution < 1.29 is 14.3 Å². The van der Waals surface area contributed by atoms with E-state index in [1.165, 1.54) is 7.05 Å². The summed E-state index contributed by atoms with van der Waals surface area (Å²) in [4.78, 5) is 21.9. The fourth-order valence-electron chi connectivity index (χ4n) is 1.33. The van der Waals surface area contributed by atoms with Crippen LogP contribution in [0.25, 0.3) is 0 Å². The monoisotopic (exact) mass is 241 g/mol. The number of ether oxygens (including phenoxy) is 1. The van der Waals surface area contributed by atoms with E-state index in [1.807, 2.05) is 0 Å². The zero-order valence-corrected chi connectivity index (χ0v) is 9.75. The van der Waals surface area contributed by atoms with Crippen molar-refractivity contribution in [1.29, 1.82) is 0 Å². The molecule has 16 heavy (non-hydrogen) atoms. The van der Waals surface area contributed by atoms with Gasteiger partial charge in [-0.2, -0.15) is 0 Å². The first-order chi connectivity index (χ1) is 7.60. The molecule has 0 aliphatic carbocycles. The lowest BCUT2D eigenvalue weighted by atomic mass is 10.0. The average molecular weight is 242 g/mol. The number of rotatable bonds is 3. The molecule has 1 aromatic carbocycles. The third kappa shape index (κ3) is 2.73. The van der Waals surface area contributed by atoms with Gasteiger partial charge in [-0.15, -0.1) is 0 Å². The van der Waals surface area contributed by atoms with Crippen molar-refractivity contribution in [3.63, 3.8) is 0 Å². The zero-order valence-electron chi connectivity index (χ0n) is 8.99. The van der Waals surface area contributed by atoms with E-state index in [9.17, 15) is 9.59 Å². The topological polar surface area (TPSA) is 55.4 Å². The molecular formula is C11H12ClNO3. The summed E-state index contributed by atoms with van der Waals surface area (Å²) in [5.41, 5.74) is 1.32. The van der Waals surface area contributed by atoms with Crippen LogP contribution in [-0.2, 0) is 9.53 Å². The van der Waals surface area contributed by atoms with Crippen molar-refractivity contribution in [2.45, 2.75) is 13.0 Å². The Kier molecular flexibility index (Phi) is 4.31. The van der Waals surface area contributed by atoms with Crippen LogP contribution >= 0.6 is 11.6 Å². The second kappa shape index (κ2) is 5.51. The molecule has 0 aromatic heterocycles. The maximum Gasteiger partial charge on any atom is 0.407 e. The minimum Gasteiger partial charge on any atom is -0.434 e. The summed E-state index contributed by atoms with van der Waals surface area (Å²) in [6.07, 6.45) is -1.10. The van der Waals surface area contributed by atoms with E-state index in [4.69, 9.17) is 16.3 Å². The number of aldehydes is 1. The van der Waals surface area contributed by atoms with E-state index in [0.29, 0.717) is 16.9 Å². The second-order valence-electron chi connectivity index (χ2n) is 3.18. The van der Waals surface area contributed by atoms with Crippen molar-refractivity contribution in [3.8, 4) is 0 Å². The summed E-state index contributed by atoms with van der Waals surface area (Å²) in [6, 6.07) is 5.21. The van der Waals surface area contributed by atoms with E-state index in [1.54, 1.807) is 25.1 Å². The highest BCUT2D eigenvalue weighted by atomic mass is 35.5. The van der Waals surface area contributed by atoms with Gasteiger partial charge < -0.3 is 10.1 Å². The molecule has 5 heteroatoms. The molecule has 0 heterocycles. The standard InChI is InChI=1S/C11H12ClNO3/c1-7-4-3-5-8(12)10(7)9(6-14)16-11(15)13-2/h3-6,9H,1-2H3,(H,13,15). The molecule has 0 saturated heterocycles. The largest absolute Gasteiger partial charge is 0.434 e. The smallest absolute Gasteiger partial charge is 0.407 e. The number of nitrogens with one attached hydrogen (secondary N) is 1. The minimum absolute atomic E-state index is 0.404. The summed E-state index contributed by atoms with van der Waals surface area (Å²) in [5.74, 6) is 0. The van der Waals surface area contributed by atoms with Gasteiger partial charge in [0.15, 0.2) is 12.4 Å². The summed E-state index contributed by atoms with van der Waals surface area (Å²) in [7, 11) is 1.42. The van der Waals surface area contributed by atoms with Gasteiger partial charge in [0.2, 0.25) is 0 Å². The molecule has 0 radical (unpaired) electrons. The Bertz CT molecular complexity index is 386. The zero-order chi connectivity index (χ0) is 12.1. The lowest BCUT2D eigenvalue weighted by Crippen LogP contribution is -2.23. The van der Waals surface area contributed by atoms with Crippen molar-refractivity contribution in [3.05, 3.63) is 34.3 Å². The van der Waals surface area contributed by atoms with Crippen molar-refractivity contribution in [1.82, 2.24) is 5.32 Å². The highest BCUT2D eigenvalue weighted by molar-refractivity contribution is 6.31. The van der Waals surface area contributed by atoms with Gasteiger partial charge in [0.25, 0.3) is 0 Å². The Morgan fingerprint density at radius 3 is 2.75 bits per heavy atom. The predicted octanol–water partition coefficient (Wildman–Crippen LogP) is 2.24. The molecule has 1 N–H and O–H groups in total. The third-order valence-electron chi connectivity index (χ3n) is 2.12. The third-order valence-corrected chi connectivity index (χ3v) is 2.45. The Balaban J connectivity index is 3.04. The number of halogens is 1. The van der Waals surface area contributed by atoms with Crippen molar-refractivity contribution >= 4 is 24.0 Å². The number of alkyl carbamates (subject to hydrolysis) is 1. The van der Waals surface area contributed by atoms with Crippen molar-refractivity contribution in [2.75, 3.05) is 7.05 Å². The molecule has 1 unspecified atom stereocenters. The molecule has 1 amide bonds. The summed E-state index contributed by atoms with van der Waals surface area (Å²) >= 11 is 5.96. The second-order valence-corrected chi connectivity index (χ2v) is 3.59. The van der Waals surface area contributed by atoms with Crippen LogP contribution < -0.4 is 5.32 Å². The van der Waals surface area contributed by atoms with Crippen LogP contribution in [-0.4, -0.2) is 19.4 Å². The molecule has 4 nitrogen and oxygen atoms in total. The van der Waals surface area contributed by atoms with Gasteiger partial charge in [-0.3, -0.25) is 4.79 Å². The quantitative estimate of drug-likeness (QED) is 0.826. The molecule has 1 rings (SSSR count). The van der Waals surface area contributed by atoms with Gasteiger partial charge in [-0.25, -0.2) is 4.79 Å². The first-order valence-electron chi connectivity index (χ1n) is 4.68. The van der Waals surface area contributed by atoms with Crippen LogP contribution in [0, 0.1) is 6.92 Å². The maximum atomic E-state index is 11.0. The van der Waals surface area contributed by atoms with Gasteiger partial charge in [0.05, 0.1) is 0 Å². The van der Waals surface area contributed by atoms with E-state index in [-0.39, 0.29) is 0 Å². The number of hydrogen-bond donors (Lipinski definition) is 1. The Labute approximate surface area is 98.5 Å². The fraction of sp³-hybridized carbons (Fsp3) is 0.273. The number of carbonyl (C=O) groups is 2. The Morgan fingerprint density at radius 2 is 2.25 bits per heavy atom. The van der Waals surface area contributed by atoms with Gasteiger partial charge in [0.1, 0.15) is 0 Å². The molecule has 1 atom stereocenters. The Morgan fingerprint density at radius 1 is 1.56 bits per heavy atom. The molecule has 0 spiro atoms. The summed E-state index contributed by atoms with van der Waals surface area (Å²) < 4.78 is 4.89. The van der Waals surface area contributed by atoms with Gasteiger partial charge >= 0.3 is 6.09 Å². The molecule has 0 saturated carbocycles. The van der Waals surface area contributed by atoms with Crippen LogP contribution in [0.1, 0.15) is 17.2 Å². The average Bonchev–Trinajstić information content (AvgIpc) is 2.27. The highest BCUT2D eigenvalue weighted by Gasteiger charge is 2.19. The van der Waals surface area contributed by atoms with E-state index in [2.05, 4.69) is 5.32 Å². The maximum absolute atomic E-state index is 11.0. The Hall–Kier alpha value is -1.55. The van der Waals surface area contributed by atoms with Crippen LogP contribution in [0.15, 0.2) is 18.2 Å². The molecule has 1 aromatic rings. The molecule has 0 aliphatic rings. The molecule has 0 fully saturated rings. The summed E-state index contributed by atoms with van der Waals surface area (Å²) in [5, 5.41) is 2.68. The number of amides is 1. The van der Waals surface area contributed by atoms with Crippen molar-refractivity contribution in [2.24, 2.45) is 0 Å². The van der Waals surface area contributed by atoms with Gasteiger partial charge in [-0.05, 0) is 18.6 Å². The molecular weight excluding hydrogens is 230 g/mol. The van der Waals surface area contributed by atoms with E-state index in [0.717, 1.165) is 5.56 Å². The fourth-order valence-corrected chi connectivity index (χ4v) is 1.66. The van der Waals surface area contributed by atoms with E-state index < -0.39 is 12.2 Å². The van der Waals surface area contributed by atoms with E-state index >= 15 is 0 Å². The number of hydrogen-bond acceptors (Lipinski definition) is 3. The number of aryl methyl sites for hydroxylation is 1. The number of benzene rings is 1. The normalized spacial score (nSPS) is 11.7. The van der Waals surface area contributed by atoms with Crippen LogP contribution in [0.2, 0.25) is 5.02 Å². The van der Waals surface area contributed by atoms with Gasteiger partial charge in [-0.1, -0.05) is 23.7 Å². The lowest BCUT2D eigenvalue weighted by Gasteiger charge is -2.15. The van der Waals surface area contributed by atoms with Crippen LogP contribution in [0.3, 0.4) is 0 Å². The lowest BCUT2D eigenvalue weighted by molar-refractivity contribution is -0.115. The highest BCUT2D eigenvalue weighted by Crippen LogP contribution is 2.27. The molecule has 0 bridgehead atoms. The first-order valence-corrected chi connectivity index (χ1v) is 5.06. The van der Waals surface area contributed by atoms with Gasteiger partial charge in [0, 0.05) is 17.6 Å². The minimum atomic E-state index is -0.978. The number of carbonyl (C=O) groups excluding carboxylic acids is 2. The molecule has 86 valence electrons. The SMILES string of the molecule is CNC(=O)OC(C=O)c1c(C)cccc1Cl. The van der Waals surface area contributed by atoms with Crippen LogP contribution in [0.4, 0.5) is 4.79 Å². The summed E-state index contributed by atoms with van der Waals surface area (Å²) in [6.45, 7) is 1.80.